The minimum atomic E-state index is -3.76. The molecule has 6 heteroatoms. The summed E-state index contributed by atoms with van der Waals surface area (Å²) in [7, 11) is -3.76. The van der Waals surface area contributed by atoms with Gasteiger partial charge in [0.2, 0.25) is 0 Å². The topological polar surface area (TPSA) is 43.4 Å². The van der Waals surface area contributed by atoms with Crippen LogP contribution in [0.5, 0.6) is 0 Å². The van der Waals surface area contributed by atoms with E-state index in [1.165, 1.54) is 0 Å². The second kappa shape index (κ2) is 4.70. The van der Waals surface area contributed by atoms with Gasteiger partial charge in [-0.3, -0.25) is 0 Å². The molecule has 1 aliphatic heterocycles. The van der Waals surface area contributed by atoms with Crippen LogP contribution in [0.15, 0.2) is 23.1 Å². The van der Waals surface area contributed by atoms with Crippen molar-refractivity contribution in [3.8, 4) is 0 Å². The molecule has 0 aromatic heterocycles. The summed E-state index contributed by atoms with van der Waals surface area (Å²) in [6, 6.07) is 2.46. The number of halogens is 2. The van der Waals surface area contributed by atoms with Crippen LogP contribution in [0.25, 0.3) is 0 Å². The lowest BCUT2D eigenvalue weighted by Gasteiger charge is -2.10. The van der Waals surface area contributed by atoms with Crippen LogP contribution >= 0.6 is 0 Å². The molecule has 2 rings (SSSR count). The summed E-state index contributed by atoms with van der Waals surface area (Å²) in [6.45, 7) is 0.534. The highest BCUT2D eigenvalue weighted by Crippen LogP contribution is 2.21. The normalized spacial score (nSPS) is 20.7. The Morgan fingerprint density at radius 2 is 2.12 bits per heavy atom. The van der Waals surface area contributed by atoms with E-state index in [2.05, 4.69) is 0 Å². The van der Waals surface area contributed by atoms with E-state index in [1.54, 1.807) is 0 Å². The number of ether oxygens (including phenoxy) is 1. The lowest BCUT2D eigenvalue weighted by molar-refractivity contribution is 0.127. The molecule has 1 unspecified atom stereocenters. The summed E-state index contributed by atoms with van der Waals surface area (Å²) in [5.74, 6) is -2.10. The Labute approximate surface area is 98.3 Å². The van der Waals surface area contributed by atoms with Crippen molar-refractivity contribution in [1.82, 2.24) is 0 Å². The zero-order valence-electron chi connectivity index (χ0n) is 9.03. The first-order chi connectivity index (χ1) is 7.99. The summed E-state index contributed by atoms with van der Waals surface area (Å²) < 4.78 is 55.0. The summed E-state index contributed by atoms with van der Waals surface area (Å²) in [5.41, 5.74) is 0. The molecule has 1 fully saturated rings. The number of hydrogen-bond acceptors (Lipinski definition) is 3. The largest absolute Gasteiger partial charge is 0.377 e. The van der Waals surface area contributed by atoms with Crippen molar-refractivity contribution in [2.45, 2.75) is 23.8 Å². The molecule has 0 aliphatic carbocycles. The van der Waals surface area contributed by atoms with Gasteiger partial charge in [0.05, 0.1) is 11.9 Å². The maximum Gasteiger partial charge on any atom is 0.183 e. The minimum Gasteiger partial charge on any atom is -0.377 e. The second-order valence-electron chi connectivity index (χ2n) is 3.99. The van der Waals surface area contributed by atoms with Crippen LogP contribution in [0.3, 0.4) is 0 Å². The van der Waals surface area contributed by atoms with Gasteiger partial charge in [-0.1, -0.05) is 0 Å². The Hall–Kier alpha value is -1.01. The van der Waals surface area contributed by atoms with E-state index in [1.807, 2.05) is 0 Å². The van der Waals surface area contributed by atoms with Gasteiger partial charge in [0, 0.05) is 12.7 Å². The Morgan fingerprint density at radius 3 is 2.71 bits per heavy atom. The van der Waals surface area contributed by atoms with Gasteiger partial charge >= 0.3 is 0 Å². The van der Waals surface area contributed by atoms with Gasteiger partial charge in [-0.25, -0.2) is 17.2 Å². The van der Waals surface area contributed by atoms with E-state index < -0.39 is 26.4 Å². The quantitative estimate of drug-likeness (QED) is 0.782. The van der Waals surface area contributed by atoms with Crippen molar-refractivity contribution in [2.75, 3.05) is 12.4 Å². The van der Waals surface area contributed by atoms with Gasteiger partial charge in [0.15, 0.2) is 9.84 Å². The first-order valence-corrected chi connectivity index (χ1v) is 6.94. The lowest BCUT2D eigenvalue weighted by Crippen LogP contribution is -2.21. The number of sulfone groups is 1. The molecule has 1 aromatic rings. The molecule has 1 aromatic carbocycles. The molecule has 17 heavy (non-hydrogen) atoms. The van der Waals surface area contributed by atoms with Crippen molar-refractivity contribution >= 4 is 9.84 Å². The van der Waals surface area contributed by atoms with Gasteiger partial charge in [0.25, 0.3) is 0 Å². The smallest absolute Gasteiger partial charge is 0.183 e. The molecular formula is C11H12F2O3S. The highest BCUT2D eigenvalue weighted by atomic mass is 32.2. The van der Waals surface area contributed by atoms with Crippen molar-refractivity contribution in [3.05, 3.63) is 29.8 Å². The Kier molecular flexibility index (Phi) is 3.44. The molecule has 1 aliphatic rings. The third-order valence-corrected chi connectivity index (χ3v) is 4.47. The molecular weight excluding hydrogens is 250 g/mol. The molecule has 3 nitrogen and oxygen atoms in total. The molecule has 1 heterocycles. The first kappa shape index (κ1) is 12.4. The van der Waals surface area contributed by atoms with Gasteiger partial charge in [-0.15, -0.1) is 0 Å². The number of hydrogen-bond donors (Lipinski definition) is 0. The van der Waals surface area contributed by atoms with E-state index in [0.717, 1.165) is 18.6 Å². The number of rotatable bonds is 3. The van der Waals surface area contributed by atoms with Crippen LogP contribution in [-0.4, -0.2) is 26.9 Å². The maximum atomic E-state index is 13.4. The standard InChI is InChI=1S/C11H12F2O3S/c12-8-3-4-11(10(13)6-8)17(14,15)7-9-2-1-5-16-9/h3-4,6,9H,1-2,5,7H2. The molecule has 0 spiro atoms. The van der Waals surface area contributed by atoms with Gasteiger partial charge in [-0.05, 0) is 25.0 Å². The summed E-state index contributed by atoms with van der Waals surface area (Å²) >= 11 is 0. The lowest BCUT2D eigenvalue weighted by atomic mass is 10.3. The third kappa shape index (κ3) is 2.81. The highest BCUT2D eigenvalue weighted by molar-refractivity contribution is 7.91. The molecule has 0 amide bonds. The van der Waals surface area contributed by atoms with E-state index in [-0.39, 0.29) is 11.9 Å². The summed E-state index contributed by atoms with van der Waals surface area (Å²) in [4.78, 5) is -0.464. The average molecular weight is 262 g/mol. The zero-order chi connectivity index (χ0) is 12.5. The summed E-state index contributed by atoms with van der Waals surface area (Å²) in [6.07, 6.45) is 1.08. The minimum absolute atomic E-state index is 0.254. The Balaban J connectivity index is 2.24. The van der Waals surface area contributed by atoms with E-state index in [0.29, 0.717) is 19.1 Å². The highest BCUT2D eigenvalue weighted by Gasteiger charge is 2.27. The molecule has 94 valence electrons. The van der Waals surface area contributed by atoms with Gasteiger partial charge in [0.1, 0.15) is 16.5 Å². The second-order valence-corrected chi connectivity index (χ2v) is 5.99. The Bertz CT molecular complexity index is 507. The molecule has 0 bridgehead atoms. The van der Waals surface area contributed by atoms with Crippen molar-refractivity contribution in [2.24, 2.45) is 0 Å². The molecule has 0 N–H and O–H groups in total. The van der Waals surface area contributed by atoms with Crippen molar-refractivity contribution in [3.63, 3.8) is 0 Å². The Morgan fingerprint density at radius 1 is 1.35 bits per heavy atom. The van der Waals surface area contributed by atoms with Crippen LogP contribution < -0.4 is 0 Å². The monoisotopic (exact) mass is 262 g/mol. The predicted octanol–water partition coefficient (Wildman–Crippen LogP) is 1.92. The fourth-order valence-electron chi connectivity index (χ4n) is 1.84. The summed E-state index contributed by atoms with van der Waals surface area (Å²) in [5, 5.41) is 0. The predicted molar refractivity (Wildman–Crippen MR) is 57.4 cm³/mol. The van der Waals surface area contributed by atoms with Crippen LogP contribution in [-0.2, 0) is 14.6 Å². The number of benzene rings is 1. The van der Waals surface area contributed by atoms with E-state index in [4.69, 9.17) is 4.74 Å². The van der Waals surface area contributed by atoms with E-state index >= 15 is 0 Å². The maximum absolute atomic E-state index is 13.4. The molecule has 1 saturated heterocycles. The fourth-order valence-corrected chi connectivity index (χ4v) is 3.40. The van der Waals surface area contributed by atoms with Crippen LogP contribution in [0.1, 0.15) is 12.8 Å². The molecule has 0 radical (unpaired) electrons. The van der Waals surface area contributed by atoms with Gasteiger partial charge < -0.3 is 4.74 Å². The first-order valence-electron chi connectivity index (χ1n) is 5.28. The van der Waals surface area contributed by atoms with E-state index in [9.17, 15) is 17.2 Å². The average Bonchev–Trinajstić information content (AvgIpc) is 2.68. The van der Waals surface area contributed by atoms with Crippen LogP contribution in [0.4, 0.5) is 8.78 Å². The van der Waals surface area contributed by atoms with Gasteiger partial charge in [-0.2, -0.15) is 0 Å². The SMILES string of the molecule is O=S(=O)(CC1CCCO1)c1ccc(F)cc1F. The molecule has 0 saturated carbocycles. The van der Waals surface area contributed by atoms with Crippen LogP contribution in [0.2, 0.25) is 0 Å². The third-order valence-electron chi connectivity index (χ3n) is 2.66. The zero-order valence-corrected chi connectivity index (χ0v) is 9.84. The van der Waals surface area contributed by atoms with Crippen molar-refractivity contribution in [1.29, 1.82) is 0 Å². The van der Waals surface area contributed by atoms with Crippen LogP contribution in [0, 0.1) is 11.6 Å². The fraction of sp³-hybridized carbons (Fsp3) is 0.455. The van der Waals surface area contributed by atoms with Crippen molar-refractivity contribution < 1.29 is 21.9 Å². The molecule has 1 atom stereocenters.